The fraction of sp³-hybridized carbons (Fsp3) is 0.483. The first-order valence-corrected chi connectivity index (χ1v) is 13.3. The van der Waals surface area contributed by atoms with E-state index in [0.717, 1.165) is 13.1 Å². The van der Waals surface area contributed by atoms with Crippen LogP contribution in [0.25, 0.3) is 5.76 Å². The Balaban J connectivity index is 1.85. The molecule has 12 heteroatoms. The molecule has 41 heavy (non-hydrogen) atoms. The van der Waals surface area contributed by atoms with Crippen molar-refractivity contribution in [2.75, 3.05) is 67.8 Å². The summed E-state index contributed by atoms with van der Waals surface area (Å²) in [7, 11) is 5.68. The third kappa shape index (κ3) is 5.62. The quantitative estimate of drug-likeness (QED) is 0.189. The first-order valence-electron chi connectivity index (χ1n) is 13.3. The number of nitrogens with one attached hydrogen (secondary N) is 1. The maximum Gasteiger partial charge on any atom is 0.354 e. The van der Waals surface area contributed by atoms with E-state index >= 15 is 0 Å². The number of Topliss-reactive ketones (excluding diaryl/α,β-unsaturated/α-hetero) is 1. The summed E-state index contributed by atoms with van der Waals surface area (Å²) in [6, 6.07) is 2.37. The molecule has 0 aliphatic carbocycles. The van der Waals surface area contributed by atoms with Crippen molar-refractivity contribution in [2.45, 2.75) is 26.3 Å². The largest absolute Gasteiger partial charge is 0.507 e. The summed E-state index contributed by atoms with van der Waals surface area (Å²) in [6.07, 6.45) is 0.600. The normalized spacial score (nSPS) is 19.0. The van der Waals surface area contributed by atoms with E-state index in [2.05, 4.69) is 9.88 Å². The summed E-state index contributed by atoms with van der Waals surface area (Å²) < 4.78 is 26.8. The molecule has 2 aromatic rings. The molecule has 0 saturated carbocycles. The molecule has 2 aliphatic heterocycles. The fourth-order valence-electron chi connectivity index (χ4n) is 5.55. The van der Waals surface area contributed by atoms with Gasteiger partial charge in [-0.25, -0.2) is 4.79 Å². The number of aliphatic hydroxyl groups excluding tert-OH is 1. The van der Waals surface area contributed by atoms with Crippen molar-refractivity contribution >= 4 is 23.4 Å². The second-order valence-corrected chi connectivity index (χ2v) is 9.88. The van der Waals surface area contributed by atoms with E-state index in [-0.39, 0.29) is 29.1 Å². The number of aryl methyl sites for hydroxylation is 1. The number of aromatic nitrogens is 1. The SMILES string of the molecule is COC(=O)c1[nH]c(C)c(/C(O)=C2\C(=O)C(=O)N(CCCN3CCOCC3)[C@H]2c2cc(OC)c(OC)c(OC)c2)c1C. The van der Waals surface area contributed by atoms with Gasteiger partial charge in [0, 0.05) is 37.4 Å². The molecular weight excluding hydrogens is 534 g/mol. The summed E-state index contributed by atoms with van der Waals surface area (Å²) in [5.41, 5.74) is 1.64. The van der Waals surface area contributed by atoms with Crippen molar-refractivity contribution in [3.63, 3.8) is 0 Å². The number of esters is 1. The molecule has 1 atom stereocenters. The monoisotopic (exact) mass is 571 g/mol. The van der Waals surface area contributed by atoms with Crippen LogP contribution in [-0.4, -0.2) is 105 Å². The molecular formula is C29H37N3O9. The number of aliphatic hydroxyl groups is 1. The number of ketones is 1. The Morgan fingerprint density at radius 3 is 2.22 bits per heavy atom. The minimum atomic E-state index is -0.955. The third-order valence-electron chi connectivity index (χ3n) is 7.58. The Hall–Kier alpha value is -4.03. The zero-order valence-corrected chi connectivity index (χ0v) is 24.3. The third-order valence-corrected chi connectivity index (χ3v) is 7.58. The standard InChI is InChI=1S/C29H37N3O9/c1-16-21(17(2)30-23(16)29(36)40-6)25(33)22-24(18-14-19(37-3)27(39-5)20(15-18)38-4)32(28(35)26(22)34)9-7-8-31-10-12-41-13-11-31/h14-15,24,30,33H,7-13H2,1-6H3/b25-22+/t24-/m0/s1. The lowest BCUT2D eigenvalue weighted by Gasteiger charge is -2.29. The van der Waals surface area contributed by atoms with Crippen LogP contribution in [0.15, 0.2) is 17.7 Å². The van der Waals surface area contributed by atoms with Crippen LogP contribution in [0.5, 0.6) is 17.2 Å². The van der Waals surface area contributed by atoms with Crippen molar-refractivity contribution in [1.82, 2.24) is 14.8 Å². The van der Waals surface area contributed by atoms with E-state index in [4.69, 9.17) is 23.7 Å². The molecule has 1 aromatic carbocycles. The van der Waals surface area contributed by atoms with E-state index in [0.29, 0.717) is 60.2 Å². The van der Waals surface area contributed by atoms with Crippen LogP contribution < -0.4 is 14.2 Å². The lowest BCUT2D eigenvalue weighted by atomic mass is 9.93. The average molecular weight is 572 g/mol. The van der Waals surface area contributed by atoms with E-state index in [9.17, 15) is 19.5 Å². The highest BCUT2D eigenvalue weighted by Crippen LogP contribution is 2.46. The highest BCUT2D eigenvalue weighted by molar-refractivity contribution is 6.46. The van der Waals surface area contributed by atoms with Crippen molar-refractivity contribution in [3.8, 4) is 17.2 Å². The Morgan fingerprint density at radius 1 is 1.02 bits per heavy atom. The Morgan fingerprint density at radius 2 is 1.66 bits per heavy atom. The summed E-state index contributed by atoms with van der Waals surface area (Å²) in [4.78, 5) is 46.1. The molecule has 0 unspecified atom stereocenters. The molecule has 1 aromatic heterocycles. The topological polar surface area (TPSA) is 140 Å². The number of amides is 1. The van der Waals surface area contributed by atoms with E-state index in [1.807, 2.05) is 0 Å². The van der Waals surface area contributed by atoms with Crippen LogP contribution in [0.4, 0.5) is 0 Å². The highest BCUT2D eigenvalue weighted by Gasteiger charge is 2.47. The maximum atomic E-state index is 13.6. The number of carbonyl (C=O) groups excluding carboxylic acids is 3. The maximum absolute atomic E-state index is 13.6. The smallest absolute Gasteiger partial charge is 0.354 e. The Labute approximate surface area is 238 Å². The summed E-state index contributed by atoms with van der Waals surface area (Å²) in [5, 5.41) is 11.7. The number of hydrogen-bond donors (Lipinski definition) is 2. The van der Waals surface area contributed by atoms with Crippen molar-refractivity contribution in [1.29, 1.82) is 0 Å². The van der Waals surface area contributed by atoms with Crippen molar-refractivity contribution in [2.24, 2.45) is 0 Å². The second kappa shape index (κ2) is 12.6. The number of rotatable bonds is 10. The predicted molar refractivity (Wildman–Crippen MR) is 149 cm³/mol. The zero-order chi connectivity index (χ0) is 29.8. The molecule has 3 heterocycles. The summed E-state index contributed by atoms with van der Waals surface area (Å²) >= 11 is 0. The molecule has 2 fully saturated rings. The van der Waals surface area contributed by atoms with Gasteiger partial charge in [-0.2, -0.15) is 0 Å². The number of hydrogen-bond acceptors (Lipinski definition) is 10. The number of aromatic amines is 1. The number of methoxy groups -OCH3 is 4. The van der Waals surface area contributed by atoms with Gasteiger partial charge in [0.05, 0.1) is 53.3 Å². The highest BCUT2D eigenvalue weighted by atomic mass is 16.5. The Kier molecular flexibility index (Phi) is 9.24. The van der Waals surface area contributed by atoms with Gasteiger partial charge < -0.3 is 38.7 Å². The van der Waals surface area contributed by atoms with Crippen LogP contribution in [-0.2, 0) is 19.1 Å². The molecule has 12 nitrogen and oxygen atoms in total. The van der Waals surface area contributed by atoms with Gasteiger partial charge in [0.25, 0.3) is 11.7 Å². The number of H-pyrrole nitrogens is 1. The van der Waals surface area contributed by atoms with Crippen molar-refractivity contribution < 1.29 is 43.2 Å². The fourth-order valence-corrected chi connectivity index (χ4v) is 5.55. The second-order valence-electron chi connectivity index (χ2n) is 9.88. The van der Waals surface area contributed by atoms with Gasteiger partial charge in [-0.05, 0) is 43.5 Å². The molecule has 1 amide bonds. The van der Waals surface area contributed by atoms with Crippen LogP contribution in [0, 0.1) is 13.8 Å². The lowest BCUT2D eigenvalue weighted by Crippen LogP contribution is -2.39. The van der Waals surface area contributed by atoms with E-state index in [1.54, 1.807) is 26.0 Å². The van der Waals surface area contributed by atoms with E-state index in [1.165, 1.54) is 33.3 Å². The van der Waals surface area contributed by atoms with Crippen LogP contribution >= 0.6 is 0 Å². The summed E-state index contributed by atoms with van der Waals surface area (Å²) in [5.74, 6) is -1.54. The molecule has 222 valence electrons. The zero-order valence-electron chi connectivity index (χ0n) is 24.3. The number of benzene rings is 1. The summed E-state index contributed by atoms with van der Waals surface area (Å²) in [6.45, 7) is 7.18. The van der Waals surface area contributed by atoms with Gasteiger partial charge in [-0.3, -0.25) is 14.5 Å². The van der Waals surface area contributed by atoms with Gasteiger partial charge in [-0.1, -0.05) is 0 Å². The van der Waals surface area contributed by atoms with Gasteiger partial charge >= 0.3 is 5.97 Å². The number of ether oxygens (including phenoxy) is 5. The lowest BCUT2D eigenvalue weighted by molar-refractivity contribution is -0.140. The van der Waals surface area contributed by atoms with Gasteiger partial charge in [0.2, 0.25) is 5.75 Å². The number of nitrogens with zero attached hydrogens (tertiary/aromatic N) is 2. The van der Waals surface area contributed by atoms with Crippen LogP contribution in [0.3, 0.4) is 0 Å². The Bertz CT molecular complexity index is 1330. The van der Waals surface area contributed by atoms with Gasteiger partial charge in [-0.15, -0.1) is 0 Å². The van der Waals surface area contributed by atoms with Crippen LogP contribution in [0.2, 0.25) is 0 Å². The van der Waals surface area contributed by atoms with Gasteiger partial charge in [0.15, 0.2) is 11.5 Å². The molecule has 4 rings (SSSR count). The van der Waals surface area contributed by atoms with Crippen molar-refractivity contribution in [3.05, 3.63) is 45.8 Å². The average Bonchev–Trinajstić information content (AvgIpc) is 3.43. The van der Waals surface area contributed by atoms with Gasteiger partial charge in [0.1, 0.15) is 11.5 Å². The molecule has 0 spiro atoms. The predicted octanol–water partition coefficient (Wildman–Crippen LogP) is 2.59. The first-order chi connectivity index (χ1) is 19.7. The first kappa shape index (κ1) is 29.9. The number of likely N-dealkylation sites (tertiary alicyclic amines) is 1. The molecule has 0 bridgehead atoms. The molecule has 2 N–H and O–H groups in total. The van der Waals surface area contributed by atoms with Crippen LogP contribution in [0.1, 0.15) is 45.3 Å². The molecule has 2 saturated heterocycles. The minimum absolute atomic E-state index is 0.0998. The molecule has 0 radical (unpaired) electrons. The van der Waals surface area contributed by atoms with E-state index < -0.39 is 23.7 Å². The minimum Gasteiger partial charge on any atom is -0.507 e. The number of morpholine rings is 1. The molecule has 2 aliphatic rings. The number of carbonyl (C=O) groups is 3.